The highest BCUT2D eigenvalue weighted by Crippen LogP contribution is 2.23. The van der Waals surface area contributed by atoms with E-state index in [-0.39, 0.29) is 6.61 Å². The van der Waals surface area contributed by atoms with Gasteiger partial charge in [-0.15, -0.1) is 0 Å². The summed E-state index contributed by atoms with van der Waals surface area (Å²) in [6.45, 7) is 2.78. The van der Waals surface area contributed by atoms with E-state index in [4.69, 9.17) is 4.74 Å². The summed E-state index contributed by atoms with van der Waals surface area (Å²) in [7, 11) is 0. The molecule has 2 aromatic carbocycles. The number of nitrogens with zero attached hydrogens (tertiary/aromatic N) is 2. The molecule has 0 spiro atoms. The zero-order valence-corrected chi connectivity index (χ0v) is 15.3. The molecule has 1 aliphatic rings. The van der Waals surface area contributed by atoms with Crippen molar-refractivity contribution in [3.8, 4) is 16.9 Å². The van der Waals surface area contributed by atoms with Gasteiger partial charge in [0.25, 0.3) is 0 Å². The fourth-order valence-corrected chi connectivity index (χ4v) is 3.56. The Hall–Kier alpha value is -2.69. The van der Waals surface area contributed by atoms with E-state index < -0.39 is 6.10 Å². The van der Waals surface area contributed by atoms with Crippen LogP contribution in [0.4, 0.5) is 0 Å². The Kier molecular flexibility index (Phi) is 5.47. The molecule has 138 valence electrons. The smallest absolute Gasteiger partial charge is 0.120 e. The molecule has 0 fully saturated rings. The van der Waals surface area contributed by atoms with Crippen molar-refractivity contribution < 1.29 is 9.84 Å². The molecular weight excluding hydrogens is 336 g/mol. The van der Waals surface area contributed by atoms with E-state index in [0.29, 0.717) is 6.54 Å². The SMILES string of the molecule is OC(COc1cccc(-c2ccncc2)c1)CN1CCc2ccccc2C1. The number of β-amino-alcohol motifs (C(OH)–C–C–N with tert-alkyl or cyclic N) is 1. The van der Waals surface area contributed by atoms with E-state index in [9.17, 15) is 5.11 Å². The van der Waals surface area contributed by atoms with E-state index in [1.165, 1.54) is 11.1 Å². The summed E-state index contributed by atoms with van der Waals surface area (Å²) in [4.78, 5) is 6.35. The van der Waals surface area contributed by atoms with Gasteiger partial charge in [-0.05, 0) is 52.9 Å². The molecule has 0 bridgehead atoms. The molecule has 27 heavy (non-hydrogen) atoms. The van der Waals surface area contributed by atoms with Crippen molar-refractivity contribution >= 4 is 0 Å². The second kappa shape index (κ2) is 8.33. The summed E-state index contributed by atoms with van der Waals surface area (Å²) in [5.41, 5.74) is 4.97. The topological polar surface area (TPSA) is 45.6 Å². The third-order valence-electron chi connectivity index (χ3n) is 4.97. The van der Waals surface area contributed by atoms with E-state index in [1.807, 2.05) is 36.4 Å². The molecule has 0 saturated heterocycles. The molecule has 1 aliphatic heterocycles. The van der Waals surface area contributed by atoms with Crippen LogP contribution in [0.1, 0.15) is 11.1 Å². The molecule has 4 heteroatoms. The van der Waals surface area contributed by atoms with Crippen LogP contribution in [0.5, 0.6) is 5.75 Å². The lowest BCUT2D eigenvalue weighted by molar-refractivity contribution is 0.0638. The molecule has 1 aromatic heterocycles. The number of ether oxygens (including phenoxy) is 1. The van der Waals surface area contributed by atoms with Gasteiger partial charge in [-0.2, -0.15) is 0 Å². The summed E-state index contributed by atoms with van der Waals surface area (Å²) in [6, 6.07) is 20.4. The average molecular weight is 360 g/mol. The molecule has 4 nitrogen and oxygen atoms in total. The minimum atomic E-state index is -0.514. The number of benzene rings is 2. The molecule has 1 atom stereocenters. The molecule has 1 N–H and O–H groups in total. The standard InChI is InChI=1S/C23H24N2O2/c26-22(16-25-13-10-18-4-1-2-5-21(18)15-25)17-27-23-7-3-6-20(14-23)19-8-11-24-12-9-19/h1-9,11-12,14,22,26H,10,13,15-17H2. The van der Waals surface area contributed by atoms with E-state index in [1.54, 1.807) is 12.4 Å². The van der Waals surface area contributed by atoms with Crippen molar-refractivity contribution in [2.75, 3.05) is 19.7 Å². The average Bonchev–Trinajstić information content (AvgIpc) is 2.73. The van der Waals surface area contributed by atoms with Crippen LogP contribution in [-0.2, 0) is 13.0 Å². The van der Waals surface area contributed by atoms with Crippen LogP contribution in [0.25, 0.3) is 11.1 Å². The van der Waals surface area contributed by atoms with E-state index in [0.717, 1.165) is 36.4 Å². The van der Waals surface area contributed by atoms with Crippen molar-refractivity contribution in [2.45, 2.75) is 19.1 Å². The fourth-order valence-electron chi connectivity index (χ4n) is 3.56. The maximum Gasteiger partial charge on any atom is 0.120 e. The summed E-state index contributed by atoms with van der Waals surface area (Å²) in [5.74, 6) is 0.771. The highest BCUT2D eigenvalue weighted by atomic mass is 16.5. The number of aromatic nitrogens is 1. The first kappa shape index (κ1) is 17.7. The van der Waals surface area contributed by atoms with Crippen LogP contribution >= 0.6 is 0 Å². The van der Waals surface area contributed by atoms with Crippen LogP contribution in [0.2, 0.25) is 0 Å². The Morgan fingerprint density at radius 3 is 2.63 bits per heavy atom. The van der Waals surface area contributed by atoms with Crippen LogP contribution in [0.15, 0.2) is 73.1 Å². The zero-order chi connectivity index (χ0) is 18.5. The van der Waals surface area contributed by atoms with Gasteiger partial charge in [0.15, 0.2) is 0 Å². The summed E-state index contributed by atoms with van der Waals surface area (Å²) < 4.78 is 5.85. The molecule has 0 aliphatic carbocycles. The first-order chi connectivity index (χ1) is 13.3. The van der Waals surface area contributed by atoms with Crippen molar-refractivity contribution in [2.24, 2.45) is 0 Å². The van der Waals surface area contributed by atoms with Gasteiger partial charge >= 0.3 is 0 Å². The lowest BCUT2D eigenvalue weighted by atomic mass is 10.00. The van der Waals surface area contributed by atoms with Gasteiger partial charge in [-0.25, -0.2) is 0 Å². The van der Waals surface area contributed by atoms with Crippen LogP contribution in [-0.4, -0.2) is 40.8 Å². The van der Waals surface area contributed by atoms with Gasteiger partial charge < -0.3 is 9.84 Å². The molecule has 0 saturated carbocycles. The Morgan fingerprint density at radius 2 is 1.78 bits per heavy atom. The number of hydrogen-bond acceptors (Lipinski definition) is 4. The van der Waals surface area contributed by atoms with Gasteiger partial charge in [0, 0.05) is 32.0 Å². The maximum atomic E-state index is 10.4. The largest absolute Gasteiger partial charge is 0.491 e. The Bertz CT molecular complexity index is 882. The lowest BCUT2D eigenvalue weighted by Crippen LogP contribution is -2.38. The van der Waals surface area contributed by atoms with Gasteiger partial charge in [0.05, 0.1) is 0 Å². The van der Waals surface area contributed by atoms with Crippen molar-refractivity contribution in [1.29, 1.82) is 0 Å². The third-order valence-corrected chi connectivity index (χ3v) is 4.97. The van der Waals surface area contributed by atoms with E-state index in [2.05, 4.69) is 34.1 Å². The predicted molar refractivity (Wildman–Crippen MR) is 107 cm³/mol. The van der Waals surface area contributed by atoms with Crippen molar-refractivity contribution in [3.63, 3.8) is 0 Å². The second-order valence-electron chi connectivity index (χ2n) is 6.98. The van der Waals surface area contributed by atoms with E-state index >= 15 is 0 Å². The number of hydrogen-bond donors (Lipinski definition) is 1. The second-order valence-corrected chi connectivity index (χ2v) is 6.98. The predicted octanol–water partition coefficient (Wildman–Crippen LogP) is 3.55. The Labute approximate surface area is 160 Å². The molecule has 3 aromatic rings. The highest BCUT2D eigenvalue weighted by Gasteiger charge is 2.18. The van der Waals surface area contributed by atoms with Gasteiger partial charge in [0.1, 0.15) is 18.5 Å². The van der Waals surface area contributed by atoms with Crippen LogP contribution < -0.4 is 4.74 Å². The number of rotatable bonds is 6. The first-order valence-corrected chi connectivity index (χ1v) is 9.38. The molecular formula is C23H24N2O2. The molecule has 1 unspecified atom stereocenters. The number of pyridine rings is 1. The summed E-state index contributed by atoms with van der Waals surface area (Å²) in [6.07, 6.45) is 4.09. The highest BCUT2D eigenvalue weighted by molar-refractivity contribution is 5.64. The van der Waals surface area contributed by atoms with Crippen molar-refractivity contribution in [3.05, 3.63) is 84.2 Å². The van der Waals surface area contributed by atoms with Crippen LogP contribution in [0.3, 0.4) is 0 Å². The number of aliphatic hydroxyl groups excluding tert-OH is 1. The number of aliphatic hydroxyl groups is 1. The minimum Gasteiger partial charge on any atom is -0.491 e. The number of fused-ring (bicyclic) bond motifs is 1. The van der Waals surface area contributed by atoms with Crippen LogP contribution in [0, 0.1) is 0 Å². The minimum absolute atomic E-state index is 0.290. The first-order valence-electron chi connectivity index (χ1n) is 9.38. The summed E-state index contributed by atoms with van der Waals surface area (Å²) >= 11 is 0. The quantitative estimate of drug-likeness (QED) is 0.730. The third kappa shape index (κ3) is 4.54. The molecule has 0 amide bonds. The normalized spacial score (nSPS) is 15.1. The van der Waals surface area contributed by atoms with Crippen molar-refractivity contribution in [1.82, 2.24) is 9.88 Å². The maximum absolute atomic E-state index is 10.4. The van der Waals surface area contributed by atoms with Gasteiger partial charge in [-0.1, -0.05) is 36.4 Å². The summed E-state index contributed by atoms with van der Waals surface area (Å²) in [5, 5.41) is 10.4. The molecule has 0 radical (unpaired) electrons. The Morgan fingerprint density at radius 1 is 0.963 bits per heavy atom. The molecule has 2 heterocycles. The zero-order valence-electron chi connectivity index (χ0n) is 15.3. The monoisotopic (exact) mass is 360 g/mol. The lowest BCUT2D eigenvalue weighted by Gasteiger charge is -2.30. The fraction of sp³-hybridized carbons (Fsp3) is 0.261. The van der Waals surface area contributed by atoms with Gasteiger partial charge in [-0.3, -0.25) is 9.88 Å². The Balaban J connectivity index is 1.32. The van der Waals surface area contributed by atoms with Gasteiger partial charge in [0.2, 0.25) is 0 Å². The molecule has 4 rings (SSSR count).